The van der Waals surface area contributed by atoms with E-state index in [1.54, 1.807) is 0 Å². The molecule has 7 nitrogen and oxygen atoms in total. The summed E-state index contributed by atoms with van der Waals surface area (Å²) in [6.07, 6.45) is -5.07. The number of non-ortho nitro benzene ring substituents is 1. The van der Waals surface area contributed by atoms with Crippen LogP contribution in [0, 0.1) is 10.1 Å². The molecular weight excluding hydrogens is 339 g/mol. The van der Waals surface area contributed by atoms with Crippen molar-refractivity contribution in [2.45, 2.75) is 36.0 Å². The van der Waals surface area contributed by atoms with Gasteiger partial charge in [-0.1, -0.05) is 0 Å². The maximum absolute atomic E-state index is 13.1. The minimum Gasteiger partial charge on any atom is -0.327 e. The Hall–Kier alpha value is -1.72. The normalized spacial score (nSPS) is 23.7. The monoisotopic (exact) mass is 353 g/mol. The zero-order valence-corrected chi connectivity index (χ0v) is 12.5. The topological polar surface area (TPSA) is 107 Å². The lowest BCUT2D eigenvalue weighted by atomic mass is 10.0. The molecule has 0 amide bonds. The van der Waals surface area contributed by atoms with Gasteiger partial charge in [0.1, 0.15) is 6.04 Å². The molecule has 0 aromatic heterocycles. The highest BCUT2D eigenvalue weighted by Gasteiger charge is 2.50. The van der Waals surface area contributed by atoms with E-state index in [0.717, 1.165) is 24.3 Å². The van der Waals surface area contributed by atoms with E-state index in [4.69, 9.17) is 5.73 Å². The molecule has 1 fully saturated rings. The number of nitro groups is 1. The summed E-state index contributed by atoms with van der Waals surface area (Å²) in [7, 11) is -4.46. The number of nitrogens with zero attached hydrogens (tertiary/aromatic N) is 2. The lowest BCUT2D eigenvalue weighted by molar-refractivity contribution is -0.384. The maximum atomic E-state index is 13.1. The summed E-state index contributed by atoms with van der Waals surface area (Å²) in [5.74, 6) is 0. The van der Waals surface area contributed by atoms with Crippen LogP contribution >= 0.6 is 0 Å². The number of piperidine rings is 1. The molecule has 1 aromatic carbocycles. The molecule has 0 radical (unpaired) electrons. The first-order chi connectivity index (χ1) is 10.5. The Labute approximate surface area is 130 Å². The third kappa shape index (κ3) is 3.62. The Morgan fingerprint density at radius 1 is 1.22 bits per heavy atom. The van der Waals surface area contributed by atoms with Gasteiger partial charge in [0.25, 0.3) is 5.69 Å². The maximum Gasteiger partial charge on any atom is 0.405 e. The van der Waals surface area contributed by atoms with Crippen molar-refractivity contribution in [1.29, 1.82) is 0 Å². The molecular formula is C12H14F3N3O4S. The van der Waals surface area contributed by atoms with E-state index in [9.17, 15) is 31.7 Å². The van der Waals surface area contributed by atoms with E-state index >= 15 is 0 Å². The van der Waals surface area contributed by atoms with Gasteiger partial charge in [-0.25, -0.2) is 8.42 Å². The van der Waals surface area contributed by atoms with Crippen LogP contribution in [0.4, 0.5) is 18.9 Å². The van der Waals surface area contributed by atoms with Gasteiger partial charge in [0.15, 0.2) is 0 Å². The summed E-state index contributed by atoms with van der Waals surface area (Å²) >= 11 is 0. The summed E-state index contributed by atoms with van der Waals surface area (Å²) < 4.78 is 64.6. The molecule has 23 heavy (non-hydrogen) atoms. The quantitative estimate of drug-likeness (QED) is 0.657. The third-order valence-electron chi connectivity index (χ3n) is 3.60. The standard InChI is InChI=1S/C12H14F3N3O4S/c13-12(14,15)11-6-1-8(16)7-17(11)23(21,22)10-4-2-9(3-5-10)18(19)20/h2-5,8,11H,1,6-7,16H2/t8-,11+/m1/s1. The second-order valence-electron chi connectivity index (χ2n) is 5.22. The van der Waals surface area contributed by atoms with Crippen LogP contribution in [0.5, 0.6) is 0 Å². The van der Waals surface area contributed by atoms with E-state index in [0.29, 0.717) is 4.31 Å². The van der Waals surface area contributed by atoms with Gasteiger partial charge in [-0.15, -0.1) is 0 Å². The molecule has 1 aliphatic rings. The Morgan fingerprint density at radius 2 is 1.78 bits per heavy atom. The number of halogens is 3. The van der Waals surface area contributed by atoms with Crippen LogP contribution in [0.2, 0.25) is 0 Å². The molecule has 1 aromatic rings. The molecule has 128 valence electrons. The summed E-state index contributed by atoms with van der Waals surface area (Å²) in [4.78, 5) is 9.40. The lowest BCUT2D eigenvalue weighted by Crippen LogP contribution is -2.56. The fourth-order valence-corrected chi connectivity index (χ4v) is 4.13. The van der Waals surface area contributed by atoms with Crippen molar-refractivity contribution in [3.8, 4) is 0 Å². The van der Waals surface area contributed by atoms with Gasteiger partial charge < -0.3 is 5.73 Å². The number of benzene rings is 1. The van der Waals surface area contributed by atoms with Crippen LogP contribution in [-0.4, -0.2) is 42.5 Å². The molecule has 1 saturated heterocycles. The van der Waals surface area contributed by atoms with E-state index in [-0.39, 0.29) is 12.1 Å². The van der Waals surface area contributed by atoms with Gasteiger partial charge in [-0.05, 0) is 25.0 Å². The predicted octanol–water partition coefficient (Wildman–Crippen LogP) is 1.64. The highest BCUT2D eigenvalue weighted by Crippen LogP contribution is 2.35. The van der Waals surface area contributed by atoms with Gasteiger partial charge >= 0.3 is 6.18 Å². The number of hydrogen-bond acceptors (Lipinski definition) is 5. The van der Waals surface area contributed by atoms with E-state index in [1.807, 2.05) is 0 Å². The molecule has 2 rings (SSSR count). The number of sulfonamides is 1. The SMILES string of the molecule is N[C@@H]1CC[C@@H](C(F)(F)F)N(S(=O)(=O)c2ccc([N+](=O)[O-])cc2)C1. The molecule has 0 saturated carbocycles. The zero-order valence-electron chi connectivity index (χ0n) is 11.7. The van der Waals surface area contributed by atoms with E-state index < -0.39 is 51.1 Å². The Kier molecular flexibility index (Phi) is 4.64. The van der Waals surface area contributed by atoms with Gasteiger partial charge in [-0.3, -0.25) is 10.1 Å². The number of nitrogens with two attached hydrogens (primary N) is 1. The third-order valence-corrected chi connectivity index (χ3v) is 5.49. The molecule has 11 heteroatoms. The van der Waals surface area contributed by atoms with Crippen molar-refractivity contribution in [2.24, 2.45) is 5.73 Å². The van der Waals surface area contributed by atoms with Crippen LogP contribution < -0.4 is 5.73 Å². The summed E-state index contributed by atoms with van der Waals surface area (Å²) in [6.45, 7) is -0.455. The van der Waals surface area contributed by atoms with Crippen LogP contribution in [0.1, 0.15) is 12.8 Å². The largest absolute Gasteiger partial charge is 0.405 e. The van der Waals surface area contributed by atoms with Gasteiger partial charge in [0, 0.05) is 24.7 Å². The molecule has 2 atom stereocenters. The molecule has 0 spiro atoms. The minimum atomic E-state index is -4.71. The molecule has 0 bridgehead atoms. The minimum absolute atomic E-state index is 0.0659. The molecule has 2 N–H and O–H groups in total. The van der Waals surface area contributed by atoms with Crippen molar-refractivity contribution >= 4 is 15.7 Å². The van der Waals surface area contributed by atoms with Crippen LogP contribution in [0.25, 0.3) is 0 Å². The van der Waals surface area contributed by atoms with Crippen molar-refractivity contribution in [3.63, 3.8) is 0 Å². The molecule has 1 aliphatic heterocycles. The van der Waals surface area contributed by atoms with Gasteiger partial charge in [0.2, 0.25) is 10.0 Å². The summed E-state index contributed by atoms with van der Waals surface area (Å²) in [6, 6.07) is 0.852. The lowest BCUT2D eigenvalue weighted by Gasteiger charge is -2.38. The van der Waals surface area contributed by atoms with Crippen molar-refractivity contribution < 1.29 is 26.5 Å². The Morgan fingerprint density at radius 3 is 2.26 bits per heavy atom. The number of rotatable bonds is 3. The van der Waals surface area contributed by atoms with Crippen molar-refractivity contribution in [3.05, 3.63) is 34.4 Å². The predicted molar refractivity (Wildman–Crippen MR) is 74.0 cm³/mol. The zero-order chi connectivity index (χ0) is 17.4. The average molecular weight is 353 g/mol. The van der Waals surface area contributed by atoms with Crippen LogP contribution in [0.15, 0.2) is 29.2 Å². The highest BCUT2D eigenvalue weighted by atomic mass is 32.2. The molecule has 0 unspecified atom stereocenters. The second kappa shape index (κ2) is 6.06. The average Bonchev–Trinajstić information content (AvgIpc) is 2.46. The Bertz CT molecular complexity index is 690. The van der Waals surface area contributed by atoms with Crippen LogP contribution in [0.3, 0.4) is 0 Å². The van der Waals surface area contributed by atoms with Crippen LogP contribution in [-0.2, 0) is 10.0 Å². The number of hydrogen-bond donors (Lipinski definition) is 1. The first-order valence-corrected chi connectivity index (χ1v) is 8.06. The smallest absolute Gasteiger partial charge is 0.327 e. The van der Waals surface area contributed by atoms with Crippen molar-refractivity contribution in [2.75, 3.05) is 6.54 Å². The fraction of sp³-hybridized carbons (Fsp3) is 0.500. The first kappa shape index (κ1) is 17.6. The number of nitro benzene ring substituents is 1. The molecule has 1 heterocycles. The highest BCUT2D eigenvalue weighted by molar-refractivity contribution is 7.89. The van der Waals surface area contributed by atoms with Gasteiger partial charge in [0.05, 0.1) is 9.82 Å². The molecule has 0 aliphatic carbocycles. The van der Waals surface area contributed by atoms with Crippen molar-refractivity contribution in [1.82, 2.24) is 4.31 Å². The second-order valence-corrected chi connectivity index (χ2v) is 7.11. The fourth-order valence-electron chi connectivity index (χ4n) is 2.43. The van der Waals surface area contributed by atoms with Gasteiger partial charge in [-0.2, -0.15) is 17.5 Å². The summed E-state index contributed by atoms with van der Waals surface area (Å²) in [5, 5.41) is 10.6. The first-order valence-electron chi connectivity index (χ1n) is 6.62. The van der Waals surface area contributed by atoms with E-state index in [1.165, 1.54) is 0 Å². The van der Waals surface area contributed by atoms with E-state index in [2.05, 4.69) is 0 Å². The number of alkyl halides is 3. The summed E-state index contributed by atoms with van der Waals surface area (Å²) in [5.41, 5.74) is 5.25. The Balaban J connectivity index is 2.40.